The Morgan fingerprint density at radius 3 is 2.46 bits per heavy atom. The highest BCUT2D eigenvalue weighted by molar-refractivity contribution is 14.0. The third-order valence-electron chi connectivity index (χ3n) is 4.35. The highest BCUT2D eigenvalue weighted by atomic mass is 127. The summed E-state index contributed by atoms with van der Waals surface area (Å²) in [6.45, 7) is 11.5. The smallest absolute Gasteiger partial charge is 0.194 e. The first-order valence-corrected chi connectivity index (χ1v) is 9.83. The zero-order chi connectivity index (χ0) is 19.6. The summed E-state index contributed by atoms with van der Waals surface area (Å²) in [4.78, 5) is 8.96. The molecule has 1 heterocycles. The van der Waals surface area contributed by atoms with Crippen molar-refractivity contribution < 1.29 is 14.9 Å². The minimum absolute atomic E-state index is 0. The largest absolute Gasteiger partial charge is 0.506 e. The maximum absolute atomic E-state index is 10.1. The minimum atomic E-state index is -0.597. The predicted octanol–water partition coefficient (Wildman–Crippen LogP) is 2.13. The third-order valence-corrected chi connectivity index (χ3v) is 4.35. The standard InChI is InChI=1S/C20H34N4O3.HI/c1-4-21-20(22-13-17(25)15-27-14-16(2)3)24-11-9-23(10-12-24)18-7-5-6-8-19(18)26;/h5-8,16-17,25-26H,4,9-15H2,1-3H3,(H,21,22);1H. The molecule has 3 N–H and O–H groups in total. The SMILES string of the molecule is CCNC(=NCC(O)COCC(C)C)N1CCN(c2ccccc2O)CC1.I. The van der Waals surface area contributed by atoms with Crippen LogP contribution in [0.5, 0.6) is 5.75 Å². The number of phenols is 1. The molecule has 28 heavy (non-hydrogen) atoms. The number of rotatable bonds is 8. The average Bonchev–Trinajstić information content (AvgIpc) is 2.65. The van der Waals surface area contributed by atoms with Crippen LogP contribution >= 0.6 is 24.0 Å². The first-order valence-electron chi connectivity index (χ1n) is 9.83. The van der Waals surface area contributed by atoms with Gasteiger partial charge in [-0.3, -0.25) is 4.99 Å². The van der Waals surface area contributed by atoms with Gasteiger partial charge in [0, 0.05) is 39.3 Å². The first kappa shape index (κ1) is 24.8. The van der Waals surface area contributed by atoms with E-state index in [1.165, 1.54) is 0 Å². The van der Waals surface area contributed by atoms with E-state index in [4.69, 9.17) is 4.74 Å². The van der Waals surface area contributed by atoms with Crippen molar-refractivity contribution in [1.82, 2.24) is 10.2 Å². The Kier molecular flexibility index (Phi) is 11.6. The third kappa shape index (κ3) is 8.00. The summed E-state index contributed by atoms with van der Waals surface area (Å²) in [6.07, 6.45) is -0.597. The molecule has 1 fully saturated rings. The van der Waals surface area contributed by atoms with E-state index in [0.29, 0.717) is 31.4 Å². The number of halogens is 1. The van der Waals surface area contributed by atoms with Crippen LogP contribution < -0.4 is 10.2 Å². The summed E-state index contributed by atoms with van der Waals surface area (Å²) in [5.41, 5.74) is 0.872. The number of guanidine groups is 1. The molecule has 1 aromatic rings. The molecule has 7 nitrogen and oxygen atoms in total. The number of ether oxygens (including phenoxy) is 1. The lowest BCUT2D eigenvalue weighted by atomic mass is 10.2. The minimum Gasteiger partial charge on any atom is -0.506 e. The normalized spacial score (nSPS) is 16.1. The Balaban J connectivity index is 0.00000392. The number of aliphatic hydroxyl groups excluding tert-OH is 1. The van der Waals surface area contributed by atoms with E-state index >= 15 is 0 Å². The van der Waals surface area contributed by atoms with Crippen LogP contribution in [0.2, 0.25) is 0 Å². The van der Waals surface area contributed by atoms with Gasteiger partial charge in [-0.25, -0.2) is 0 Å². The van der Waals surface area contributed by atoms with Crippen LogP contribution in [0.4, 0.5) is 5.69 Å². The fourth-order valence-corrected chi connectivity index (χ4v) is 3.00. The van der Waals surface area contributed by atoms with Gasteiger partial charge in [0.05, 0.1) is 24.9 Å². The number of aliphatic imine (C=N–C) groups is 1. The summed E-state index contributed by atoms with van der Waals surface area (Å²) in [6, 6.07) is 7.44. The van der Waals surface area contributed by atoms with Gasteiger partial charge in [-0.1, -0.05) is 26.0 Å². The molecule has 1 aromatic carbocycles. The lowest BCUT2D eigenvalue weighted by Gasteiger charge is -2.38. The van der Waals surface area contributed by atoms with Crippen LogP contribution in [0.1, 0.15) is 20.8 Å². The van der Waals surface area contributed by atoms with Crippen LogP contribution in [0.25, 0.3) is 0 Å². The lowest BCUT2D eigenvalue weighted by Crippen LogP contribution is -2.52. The lowest BCUT2D eigenvalue weighted by molar-refractivity contribution is 0.0300. The summed E-state index contributed by atoms with van der Waals surface area (Å²) in [7, 11) is 0. The van der Waals surface area contributed by atoms with E-state index in [-0.39, 0.29) is 24.0 Å². The van der Waals surface area contributed by atoms with Crippen LogP contribution in [0.15, 0.2) is 29.3 Å². The van der Waals surface area contributed by atoms with E-state index < -0.39 is 6.10 Å². The van der Waals surface area contributed by atoms with Crippen molar-refractivity contribution >= 4 is 35.6 Å². The van der Waals surface area contributed by atoms with Crippen molar-refractivity contribution in [2.24, 2.45) is 10.9 Å². The number of para-hydroxylation sites is 2. The second kappa shape index (κ2) is 13.1. The molecule has 0 amide bonds. The molecular weight excluding hydrogens is 471 g/mol. The second-order valence-corrected chi connectivity index (χ2v) is 7.24. The Hall–Kier alpha value is -1.26. The molecule has 1 saturated heterocycles. The molecule has 1 aliphatic heterocycles. The zero-order valence-corrected chi connectivity index (χ0v) is 19.5. The molecule has 0 radical (unpaired) electrons. The number of nitrogens with one attached hydrogen (secondary N) is 1. The second-order valence-electron chi connectivity index (χ2n) is 7.24. The maximum atomic E-state index is 10.1. The number of anilines is 1. The highest BCUT2D eigenvalue weighted by Gasteiger charge is 2.21. The van der Waals surface area contributed by atoms with Gasteiger partial charge in [0.1, 0.15) is 5.75 Å². The van der Waals surface area contributed by atoms with Gasteiger partial charge < -0.3 is 30.1 Å². The Morgan fingerprint density at radius 2 is 1.86 bits per heavy atom. The van der Waals surface area contributed by atoms with Gasteiger partial charge in [-0.15, -0.1) is 24.0 Å². The number of benzene rings is 1. The van der Waals surface area contributed by atoms with E-state index in [1.54, 1.807) is 6.07 Å². The fourth-order valence-electron chi connectivity index (χ4n) is 3.00. The van der Waals surface area contributed by atoms with Gasteiger partial charge in [0.25, 0.3) is 0 Å². The van der Waals surface area contributed by atoms with Crippen molar-refractivity contribution in [3.63, 3.8) is 0 Å². The quantitative estimate of drug-likeness (QED) is 0.285. The molecule has 8 heteroatoms. The van der Waals surface area contributed by atoms with Crippen molar-refractivity contribution in [1.29, 1.82) is 0 Å². The molecule has 0 spiro atoms. The number of nitrogens with zero attached hydrogens (tertiary/aromatic N) is 3. The van der Waals surface area contributed by atoms with Gasteiger partial charge in [0.15, 0.2) is 5.96 Å². The summed E-state index contributed by atoms with van der Waals surface area (Å²) in [5, 5.41) is 23.4. The molecule has 1 atom stereocenters. The van der Waals surface area contributed by atoms with Crippen LogP contribution in [0.3, 0.4) is 0 Å². The number of hydrogen-bond acceptors (Lipinski definition) is 5. The van der Waals surface area contributed by atoms with Crippen molar-refractivity contribution in [3.05, 3.63) is 24.3 Å². The molecule has 0 saturated carbocycles. The van der Waals surface area contributed by atoms with Gasteiger partial charge in [-0.05, 0) is 25.0 Å². The number of phenolic OH excluding ortho intramolecular Hbond substituents is 1. The van der Waals surface area contributed by atoms with Gasteiger partial charge >= 0.3 is 0 Å². The highest BCUT2D eigenvalue weighted by Crippen LogP contribution is 2.27. The predicted molar refractivity (Wildman–Crippen MR) is 125 cm³/mol. The number of aliphatic hydroxyl groups is 1. The van der Waals surface area contributed by atoms with E-state index in [0.717, 1.165) is 44.4 Å². The number of piperazine rings is 1. The molecule has 1 unspecified atom stereocenters. The summed E-state index contributed by atoms with van der Waals surface area (Å²) in [5.74, 6) is 1.59. The van der Waals surface area contributed by atoms with Gasteiger partial charge in [-0.2, -0.15) is 0 Å². The summed E-state index contributed by atoms with van der Waals surface area (Å²) < 4.78 is 5.49. The number of hydrogen-bond donors (Lipinski definition) is 3. The molecular formula is C20H35IN4O3. The van der Waals surface area contributed by atoms with Crippen LogP contribution in [0, 0.1) is 5.92 Å². The first-order chi connectivity index (χ1) is 13.0. The monoisotopic (exact) mass is 506 g/mol. The van der Waals surface area contributed by atoms with Crippen molar-refractivity contribution in [2.75, 3.05) is 57.4 Å². The Morgan fingerprint density at radius 1 is 1.18 bits per heavy atom. The zero-order valence-electron chi connectivity index (χ0n) is 17.2. The topological polar surface area (TPSA) is 80.6 Å². The van der Waals surface area contributed by atoms with E-state index in [1.807, 2.05) is 25.1 Å². The van der Waals surface area contributed by atoms with Crippen molar-refractivity contribution in [3.8, 4) is 5.75 Å². The molecule has 160 valence electrons. The summed E-state index contributed by atoms with van der Waals surface area (Å²) >= 11 is 0. The Bertz CT molecular complexity index is 593. The molecule has 2 rings (SSSR count). The van der Waals surface area contributed by atoms with Crippen LogP contribution in [-0.4, -0.2) is 79.7 Å². The van der Waals surface area contributed by atoms with E-state index in [9.17, 15) is 10.2 Å². The fraction of sp³-hybridized carbons (Fsp3) is 0.650. The molecule has 0 aliphatic carbocycles. The average molecular weight is 506 g/mol. The van der Waals surface area contributed by atoms with Crippen molar-refractivity contribution in [2.45, 2.75) is 26.9 Å². The molecule has 0 bridgehead atoms. The molecule has 1 aliphatic rings. The Labute approximate surface area is 185 Å². The maximum Gasteiger partial charge on any atom is 0.194 e. The number of aromatic hydroxyl groups is 1. The molecule has 0 aromatic heterocycles. The van der Waals surface area contributed by atoms with E-state index in [2.05, 4.69) is 34.0 Å². The van der Waals surface area contributed by atoms with Gasteiger partial charge in [0.2, 0.25) is 0 Å². The van der Waals surface area contributed by atoms with Crippen LogP contribution in [-0.2, 0) is 4.74 Å².